The lowest BCUT2D eigenvalue weighted by Crippen LogP contribution is -2.18. The standard InChI is InChI=1S/C19H25NO2/c1-10(2)7-12(5)14-9-15(21)17-16(14)19(22)20-18(17)13(6)8-11(3)4/h7-8,10-11H,9H2,1-6H3,(H,20,22)/b12-7-,13-8-. The smallest absolute Gasteiger partial charge is 0.256 e. The highest BCUT2D eigenvalue weighted by atomic mass is 16.2. The first-order chi connectivity index (χ1) is 10.2. The lowest BCUT2D eigenvalue weighted by molar-refractivity contribution is -0.116. The molecule has 0 aromatic rings. The summed E-state index contributed by atoms with van der Waals surface area (Å²) in [5.41, 5.74) is 4.77. The molecule has 1 heterocycles. The summed E-state index contributed by atoms with van der Waals surface area (Å²) in [6, 6.07) is 0. The van der Waals surface area contributed by atoms with Crippen LogP contribution < -0.4 is 5.32 Å². The molecule has 0 unspecified atom stereocenters. The van der Waals surface area contributed by atoms with Gasteiger partial charge in [0.1, 0.15) is 0 Å². The van der Waals surface area contributed by atoms with Gasteiger partial charge in [0.2, 0.25) is 0 Å². The van der Waals surface area contributed by atoms with E-state index in [1.165, 1.54) is 0 Å². The van der Waals surface area contributed by atoms with Crippen LogP contribution in [0.15, 0.2) is 45.7 Å². The van der Waals surface area contributed by atoms with Gasteiger partial charge in [-0.05, 0) is 36.8 Å². The van der Waals surface area contributed by atoms with Crippen molar-refractivity contribution in [2.45, 2.75) is 48.0 Å². The van der Waals surface area contributed by atoms with Gasteiger partial charge in [0.15, 0.2) is 5.78 Å². The Balaban J connectivity index is 2.57. The number of carbonyl (C=O) groups excluding carboxylic acids is 2. The molecule has 0 saturated carbocycles. The second-order valence-corrected chi connectivity index (χ2v) is 6.85. The van der Waals surface area contributed by atoms with Gasteiger partial charge >= 0.3 is 0 Å². The van der Waals surface area contributed by atoms with E-state index in [0.29, 0.717) is 35.1 Å². The van der Waals surface area contributed by atoms with Crippen molar-refractivity contribution in [3.8, 4) is 0 Å². The van der Waals surface area contributed by atoms with E-state index in [0.717, 1.165) is 16.7 Å². The van der Waals surface area contributed by atoms with Crippen LogP contribution in [0.25, 0.3) is 0 Å². The molecule has 22 heavy (non-hydrogen) atoms. The molecule has 1 N–H and O–H groups in total. The molecule has 0 fully saturated rings. The summed E-state index contributed by atoms with van der Waals surface area (Å²) in [6.45, 7) is 12.3. The summed E-state index contributed by atoms with van der Waals surface area (Å²) >= 11 is 0. The number of Topliss-reactive ketones (excluding diaryl/α,β-unsaturated/α-hetero) is 1. The molecule has 0 spiro atoms. The Hall–Kier alpha value is -1.90. The molecule has 0 aromatic carbocycles. The van der Waals surface area contributed by atoms with Crippen molar-refractivity contribution in [3.05, 3.63) is 45.7 Å². The van der Waals surface area contributed by atoms with Crippen molar-refractivity contribution in [2.75, 3.05) is 0 Å². The van der Waals surface area contributed by atoms with Gasteiger partial charge in [-0.1, -0.05) is 45.4 Å². The molecule has 0 atom stereocenters. The molecule has 2 rings (SSSR count). The zero-order chi connectivity index (χ0) is 16.6. The number of hydrogen-bond donors (Lipinski definition) is 1. The highest BCUT2D eigenvalue weighted by Crippen LogP contribution is 2.39. The van der Waals surface area contributed by atoms with Gasteiger partial charge in [0, 0.05) is 6.42 Å². The maximum atomic E-state index is 12.5. The van der Waals surface area contributed by atoms with Crippen LogP contribution in [-0.2, 0) is 9.59 Å². The Morgan fingerprint density at radius 3 is 2.05 bits per heavy atom. The van der Waals surface area contributed by atoms with Gasteiger partial charge in [-0.3, -0.25) is 9.59 Å². The minimum absolute atomic E-state index is 0.0476. The van der Waals surface area contributed by atoms with Crippen LogP contribution in [0.3, 0.4) is 0 Å². The Bertz CT molecular complexity index is 597. The van der Waals surface area contributed by atoms with E-state index >= 15 is 0 Å². The van der Waals surface area contributed by atoms with E-state index in [-0.39, 0.29) is 11.7 Å². The highest BCUT2D eigenvalue weighted by Gasteiger charge is 2.40. The van der Waals surface area contributed by atoms with Gasteiger partial charge in [-0.25, -0.2) is 0 Å². The van der Waals surface area contributed by atoms with Gasteiger partial charge in [-0.2, -0.15) is 0 Å². The van der Waals surface area contributed by atoms with Gasteiger partial charge in [0.25, 0.3) is 5.91 Å². The maximum absolute atomic E-state index is 12.5. The van der Waals surface area contributed by atoms with E-state index in [1.54, 1.807) is 0 Å². The monoisotopic (exact) mass is 299 g/mol. The zero-order valence-corrected chi connectivity index (χ0v) is 14.3. The topological polar surface area (TPSA) is 46.2 Å². The molecule has 1 aliphatic carbocycles. The number of nitrogens with one attached hydrogen (secondary N) is 1. The van der Waals surface area contributed by atoms with E-state index in [4.69, 9.17) is 0 Å². The average molecular weight is 299 g/mol. The number of amides is 1. The molecule has 1 aliphatic heterocycles. The minimum atomic E-state index is -0.140. The average Bonchev–Trinajstić information content (AvgIpc) is 2.88. The SMILES string of the molecule is C/C(=C/C(C)C)C1=C2C(=O)NC(/C(C)=C\C(C)C)=C2C(=O)C1. The molecule has 3 heteroatoms. The van der Waals surface area contributed by atoms with Crippen LogP contribution >= 0.6 is 0 Å². The lowest BCUT2D eigenvalue weighted by Gasteiger charge is -2.08. The molecule has 3 nitrogen and oxygen atoms in total. The highest BCUT2D eigenvalue weighted by molar-refractivity contribution is 6.21. The third-order valence-electron chi connectivity index (χ3n) is 3.92. The van der Waals surface area contributed by atoms with E-state index < -0.39 is 0 Å². The molecule has 0 radical (unpaired) electrons. The first kappa shape index (κ1) is 16.5. The summed E-state index contributed by atoms with van der Waals surface area (Å²) in [7, 11) is 0. The summed E-state index contributed by atoms with van der Waals surface area (Å²) < 4.78 is 0. The van der Waals surface area contributed by atoms with Crippen molar-refractivity contribution in [3.63, 3.8) is 0 Å². The normalized spacial score (nSPS) is 19.8. The van der Waals surface area contributed by atoms with Crippen molar-refractivity contribution in [1.29, 1.82) is 0 Å². The Kier molecular flexibility index (Phi) is 4.55. The van der Waals surface area contributed by atoms with E-state index in [1.807, 2.05) is 13.8 Å². The lowest BCUT2D eigenvalue weighted by atomic mass is 9.99. The van der Waals surface area contributed by atoms with Crippen LogP contribution in [0.2, 0.25) is 0 Å². The quantitative estimate of drug-likeness (QED) is 0.857. The van der Waals surface area contributed by atoms with Crippen LogP contribution in [0, 0.1) is 11.8 Å². The fraction of sp³-hybridized carbons (Fsp3) is 0.474. The number of carbonyl (C=O) groups is 2. The van der Waals surface area contributed by atoms with Crippen LogP contribution in [0.1, 0.15) is 48.0 Å². The first-order valence-corrected chi connectivity index (χ1v) is 7.92. The van der Waals surface area contributed by atoms with Crippen molar-refractivity contribution in [1.82, 2.24) is 5.32 Å². The molecule has 118 valence electrons. The second kappa shape index (κ2) is 6.07. The molecule has 0 aromatic heterocycles. The molecule has 1 amide bonds. The van der Waals surface area contributed by atoms with Crippen molar-refractivity contribution >= 4 is 11.7 Å². The number of hydrogen-bond acceptors (Lipinski definition) is 2. The van der Waals surface area contributed by atoms with Crippen LogP contribution in [0.4, 0.5) is 0 Å². The summed E-state index contributed by atoms with van der Waals surface area (Å²) in [6.07, 6.45) is 4.53. The number of fused-ring (bicyclic) bond motifs is 1. The Labute approximate surface area is 132 Å². The van der Waals surface area contributed by atoms with Crippen LogP contribution in [0.5, 0.6) is 0 Å². The zero-order valence-electron chi connectivity index (χ0n) is 14.3. The van der Waals surface area contributed by atoms with Crippen LogP contribution in [-0.4, -0.2) is 11.7 Å². The summed E-state index contributed by atoms with van der Waals surface area (Å²) in [5.74, 6) is 0.671. The number of rotatable bonds is 4. The number of ketones is 1. The van der Waals surface area contributed by atoms with Gasteiger partial charge in [0.05, 0.1) is 16.8 Å². The van der Waals surface area contributed by atoms with Crippen molar-refractivity contribution in [2.24, 2.45) is 11.8 Å². The second-order valence-electron chi connectivity index (χ2n) is 6.85. The minimum Gasteiger partial charge on any atom is -0.321 e. The van der Waals surface area contributed by atoms with Crippen molar-refractivity contribution < 1.29 is 9.59 Å². The molecule has 0 saturated heterocycles. The van der Waals surface area contributed by atoms with E-state index in [9.17, 15) is 9.59 Å². The van der Waals surface area contributed by atoms with E-state index in [2.05, 4.69) is 45.2 Å². The van der Waals surface area contributed by atoms with Gasteiger partial charge in [-0.15, -0.1) is 0 Å². The Morgan fingerprint density at radius 1 is 0.955 bits per heavy atom. The summed E-state index contributed by atoms with van der Waals surface area (Å²) in [5, 5.41) is 2.90. The maximum Gasteiger partial charge on any atom is 0.256 e. The predicted molar refractivity (Wildman–Crippen MR) is 89.0 cm³/mol. The first-order valence-electron chi connectivity index (χ1n) is 7.92. The Morgan fingerprint density at radius 2 is 1.50 bits per heavy atom. The third kappa shape index (κ3) is 2.99. The fourth-order valence-electron chi connectivity index (χ4n) is 3.20. The fourth-order valence-corrected chi connectivity index (χ4v) is 3.20. The molecule has 2 aliphatic rings. The summed E-state index contributed by atoms with van der Waals surface area (Å²) in [4.78, 5) is 24.8. The predicted octanol–water partition coefficient (Wildman–Crippen LogP) is 3.84. The number of allylic oxidation sites excluding steroid dienone is 5. The van der Waals surface area contributed by atoms with Gasteiger partial charge < -0.3 is 5.32 Å². The third-order valence-corrected chi connectivity index (χ3v) is 3.92. The molecular formula is C19H25NO2. The molecule has 0 bridgehead atoms. The molecular weight excluding hydrogens is 274 g/mol. The largest absolute Gasteiger partial charge is 0.321 e.